The first kappa shape index (κ1) is 25.3. The van der Waals surface area contributed by atoms with Crippen LogP contribution in [0.25, 0.3) is 10.3 Å². The summed E-state index contributed by atoms with van der Waals surface area (Å²) in [6.07, 6.45) is 0.498. The minimum atomic E-state index is -0.173. The van der Waals surface area contributed by atoms with E-state index in [1.54, 1.807) is 0 Å². The number of aliphatic hydroxyl groups excluding tert-OH is 1. The smallest absolute Gasteiger partial charge is 0.191 e. The number of aliphatic hydroxyl groups is 1. The molecule has 188 valence electrons. The number of nitrogens with two attached hydrogens (primary N) is 1. The molecule has 0 saturated heterocycles. The number of thioether (sulfide) groups is 1. The molecule has 7 nitrogen and oxygen atoms in total. The second kappa shape index (κ2) is 11.8. The fourth-order valence-corrected chi connectivity index (χ4v) is 5.40. The maximum Gasteiger partial charge on any atom is 0.191 e. The molecule has 0 fully saturated rings. The SMILES string of the molecule is Nc1nc2nc(SCc3cccc(Oc4ccccc4)c3)nc(NC(CCO)c3ccc(Cl)cc3)c2s1. The summed E-state index contributed by atoms with van der Waals surface area (Å²) in [6.45, 7) is 0.0162. The van der Waals surface area contributed by atoms with Crippen LogP contribution in [0.2, 0.25) is 5.02 Å². The Hall–Kier alpha value is -3.37. The van der Waals surface area contributed by atoms with Crippen LogP contribution in [-0.4, -0.2) is 26.7 Å². The molecule has 0 saturated carbocycles. The highest BCUT2D eigenvalue weighted by Gasteiger charge is 2.18. The minimum Gasteiger partial charge on any atom is -0.457 e. The first-order valence-corrected chi connectivity index (χ1v) is 13.8. The summed E-state index contributed by atoms with van der Waals surface area (Å²) in [5.74, 6) is 2.84. The summed E-state index contributed by atoms with van der Waals surface area (Å²) in [6, 6.07) is 25.0. The molecule has 2 heterocycles. The summed E-state index contributed by atoms with van der Waals surface area (Å²) < 4.78 is 6.74. The van der Waals surface area contributed by atoms with Crippen LogP contribution in [0, 0.1) is 0 Å². The number of aromatic nitrogens is 3. The van der Waals surface area contributed by atoms with Gasteiger partial charge < -0.3 is 20.9 Å². The fourth-order valence-electron chi connectivity index (χ4n) is 3.77. The molecule has 5 aromatic rings. The summed E-state index contributed by atoms with van der Waals surface area (Å²) in [5.41, 5.74) is 8.62. The van der Waals surface area contributed by atoms with E-state index in [1.165, 1.54) is 23.1 Å². The summed E-state index contributed by atoms with van der Waals surface area (Å²) in [5, 5.41) is 14.8. The van der Waals surface area contributed by atoms with Crippen LogP contribution in [0.3, 0.4) is 0 Å². The lowest BCUT2D eigenvalue weighted by molar-refractivity contribution is 0.280. The van der Waals surface area contributed by atoms with E-state index < -0.39 is 0 Å². The molecule has 0 bridgehead atoms. The first-order valence-electron chi connectivity index (χ1n) is 11.6. The predicted octanol–water partition coefficient (Wildman–Crippen LogP) is 6.94. The Labute approximate surface area is 227 Å². The maximum atomic E-state index is 9.69. The second-order valence-electron chi connectivity index (χ2n) is 8.17. The van der Waals surface area contributed by atoms with Crippen molar-refractivity contribution in [1.29, 1.82) is 0 Å². The van der Waals surface area contributed by atoms with Gasteiger partial charge in [0.15, 0.2) is 21.8 Å². The number of nitrogen functional groups attached to an aromatic ring is 1. The summed E-state index contributed by atoms with van der Waals surface area (Å²) in [4.78, 5) is 13.8. The van der Waals surface area contributed by atoms with E-state index in [1.807, 2.05) is 78.9 Å². The number of benzene rings is 3. The number of ether oxygens (including phenoxy) is 1. The first-order chi connectivity index (χ1) is 18.1. The number of fused-ring (bicyclic) bond motifs is 1. The zero-order valence-electron chi connectivity index (χ0n) is 19.7. The predicted molar refractivity (Wildman–Crippen MR) is 152 cm³/mol. The van der Waals surface area contributed by atoms with Gasteiger partial charge in [-0.1, -0.05) is 77.2 Å². The van der Waals surface area contributed by atoms with Crippen molar-refractivity contribution in [3.05, 3.63) is 95.0 Å². The van der Waals surface area contributed by atoms with Gasteiger partial charge in [-0.3, -0.25) is 0 Å². The molecular formula is C27H24ClN5O2S2. The van der Waals surface area contributed by atoms with Gasteiger partial charge in [0.05, 0.1) is 6.04 Å². The Morgan fingerprint density at radius 3 is 2.54 bits per heavy atom. The van der Waals surface area contributed by atoms with Crippen molar-refractivity contribution >= 4 is 56.0 Å². The second-order valence-corrected chi connectivity index (χ2v) is 10.6. The highest BCUT2D eigenvalue weighted by molar-refractivity contribution is 7.98. The molecule has 0 radical (unpaired) electrons. The van der Waals surface area contributed by atoms with E-state index in [2.05, 4.69) is 15.3 Å². The van der Waals surface area contributed by atoms with Gasteiger partial charge in [0.2, 0.25) is 0 Å². The third-order valence-electron chi connectivity index (χ3n) is 5.50. The van der Waals surface area contributed by atoms with E-state index in [4.69, 9.17) is 27.1 Å². The molecule has 1 unspecified atom stereocenters. The van der Waals surface area contributed by atoms with Crippen LogP contribution in [-0.2, 0) is 5.75 Å². The number of nitrogens with one attached hydrogen (secondary N) is 1. The molecule has 3 aromatic carbocycles. The van der Waals surface area contributed by atoms with E-state index in [0.717, 1.165) is 27.3 Å². The van der Waals surface area contributed by atoms with Gasteiger partial charge in [-0.2, -0.15) is 0 Å². The number of para-hydroxylation sites is 1. The molecule has 1 atom stereocenters. The largest absolute Gasteiger partial charge is 0.457 e. The van der Waals surface area contributed by atoms with Crippen LogP contribution in [0.15, 0.2) is 84.0 Å². The highest BCUT2D eigenvalue weighted by Crippen LogP contribution is 2.34. The van der Waals surface area contributed by atoms with Crippen LogP contribution in [0.5, 0.6) is 11.5 Å². The quantitative estimate of drug-likeness (QED) is 0.127. The molecule has 0 amide bonds. The van der Waals surface area contributed by atoms with Crippen LogP contribution < -0.4 is 15.8 Å². The number of thiazole rings is 1. The number of hydrogen-bond donors (Lipinski definition) is 3. The average Bonchev–Trinajstić information content (AvgIpc) is 3.29. The zero-order valence-corrected chi connectivity index (χ0v) is 22.1. The maximum absolute atomic E-state index is 9.69. The van der Waals surface area contributed by atoms with E-state index in [-0.39, 0.29) is 12.6 Å². The standard InChI is InChI=1S/C27H24ClN5O2S2/c28-19-11-9-18(10-12-19)22(13-14-34)30-24-23-25(31-26(29)37-23)33-27(32-24)36-16-17-5-4-8-21(15-17)35-20-6-2-1-3-7-20/h1-12,15,22,34H,13-14,16H2,(H3,29,30,31,32,33). The van der Waals surface area contributed by atoms with Crippen LogP contribution >= 0.6 is 34.7 Å². The van der Waals surface area contributed by atoms with Gasteiger partial charge in [0.1, 0.15) is 16.2 Å². The fraction of sp³-hybridized carbons (Fsp3) is 0.148. The third-order valence-corrected chi connectivity index (χ3v) is 7.55. The van der Waals surface area contributed by atoms with Crippen molar-refractivity contribution in [2.45, 2.75) is 23.4 Å². The lowest BCUT2D eigenvalue weighted by Gasteiger charge is -2.19. The van der Waals surface area contributed by atoms with Gasteiger partial charge in [-0.25, -0.2) is 15.0 Å². The van der Waals surface area contributed by atoms with Gasteiger partial charge in [-0.05, 0) is 53.9 Å². The minimum absolute atomic E-state index is 0.0162. The third kappa shape index (κ3) is 6.50. The lowest BCUT2D eigenvalue weighted by Crippen LogP contribution is -2.14. The number of anilines is 2. The van der Waals surface area contributed by atoms with Crippen molar-refractivity contribution in [2.75, 3.05) is 17.7 Å². The number of halogens is 1. The molecule has 10 heteroatoms. The van der Waals surface area contributed by atoms with Crippen molar-refractivity contribution in [3.8, 4) is 11.5 Å². The number of hydrogen-bond acceptors (Lipinski definition) is 9. The van der Waals surface area contributed by atoms with E-state index in [9.17, 15) is 5.11 Å². The van der Waals surface area contributed by atoms with Crippen LogP contribution in [0.1, 0.15) is 23.6 Å². The van der Waals surface area contributed by atoms with Gasteiger partial charge in [0, 0.05) is 17.4 Å². The Kier molecular flexibility index (Phi) is 8.05. The van der Waals surface area contributed by atoms with Gasteiger partial charge >= 0.3 is 0 Å². The lowest BCUT2D eigenvalue weighted by atomic mass is 10.0. The average molecular weight is 550 g/mol. The van der Waals surface area contributed by atoms with E-state index >= 15 is 0 Å². The topological polar surface area (TPSA) is 106 Å². The normalized spacial score (nSPS) is 11.9. The molecule has 0 aliphatic rings. The van der Waals surface area contributed by atoms with Gasteiger partial charge in [-0.15, -0.1) is 0 Å². The molecule has 5 rings (SSSR count). The Morgan fingerprint density at radius 1 is 0.973 bits per heavy atom. The zero-order chi connectivity index (χ0) is 25.6. The van der Waals surface area contributed by atoms with E-state index in [0.29, 0.717) is 38.9 Å². The van der Waals surface area contributed by atoms with Crippen molar-refractivity contribution in [2.24, 2.45) is 0 Å². The molecule has 0 spiro atoms. The monoisotopic (exact) mass is 549 g/mol. The highest BCUT2D eigenvalue weighted by atomic mass is 35.5. The van der Waals surface area contributed by atoms with Crippen molar-refractivity contribution < 1.29 is 9.84 Å². The molecule has 0 aliphatic heterocycles. The molecular weight excluding hydrogens is 526 g/mol. The van der Waals surface area contributed by atoms with Crippen LogP contribution in [0.4, 0.5) is 10.9 Å². The van der Waals surface area contributed by atoms with Gasteiger partial charge in [0.25, 0.3) is 0 Å². The molecule has 4 N–H and O–H groups in total. The molecule has 2 aromatic heterocycles. The summed E-state index contributed by atoms with van der Waals surface area (Å²) >= 11 is 8.91. The molecule has 37 heavy (non-hydrogen) atoms. The number of rotatable bonds is 10. The van der Waals surface area contributed by atoms with Crippen molar-refractivity contribution in [1.82, 2.24) is 15.0 Å². The summed E-state index contributed by atoms with van der Waals surface area (Å²) in [7, 11) is 0. The number of nitrogens with zero attached hydrogens (tertiary/aromatic N) is 3. The Balaban J connectivity index is 1.37. The molecule has 0 aliphatic carbocycles. The Bertz CT molecular complexity index is 1480. The Morgan fingerprint density at radius 2 is 1.76 bits per heavy atom. The van der Waals surface area contributed by atoms with Crippen molar-refractivity contribution in [3.63, 3.8) is 0 Å².